The maximum atomic E-state index is 12.7. The quantitative estimate of drug-likeness (QED) is 0.774. The van der Waals surface area contributed by atoms with Gasteiger partial charge in [-0.15, -0.1) is 0 Å². The summed E-state index contributed by atoms with van der Waals surface area (Å²) in [6, 6.07) is 0.716. The van der Waals surface area contributed by atoms with E-state index in [0.29, 0.717) is 13.0 Å². The van der Waals surface area contributed by atoms with Crippen LogP contribution < -0.4 is 10.6 Å². The lowest BCUT2D eigenvalue weighted by atomic mass is 10.1. The van der Waals surface area contributed by atoms with Gasteiger partial charge in [-0.25, -0.2) is 4.79 Å². The number of hydrogen-bond donors (Lipinski definition) is 2. The fraction of sp³-hybridized carbons (Fsp3) is 0.750. The summed E-state index contributed by atoms with van der Waals surface area (Å²) >= 11 is 0. The van der Waals surface area contributed by atoms with Gasteiger partial charge in [0.2, 0.25) is 11.8 Å². The first kappa shape index (κ1) is 19.7. The molecule has 3 amide bonds. The van der Waals surface area contributed by atoms with Crippen molar-refractivity contribution in [1.82, 2.24) is 15.5 Å². The van der Waals surface area contributed by atoms with E-state index in [0.717, 1.165) is 6.42 Å². The molecule has 1 fully saturated rings. The Hall–Kier alpha value is -2.30. The summed E-state index contributed by atoms with van der Waals surface area (Å²) in [7, 11) is 1.51. The smallest absolute Gasteiger partial charge is 0.408 e. The molecule has 134 valence electrons. The van der Waals surface area contributed by atoms with Gasteiger partial charge in [0.1, 0.15) is 17.7 Å². The molecule has 0 aromatic heterocycles. The minimum absolute atomic E-state index is 0.0910. The Kier molecular flexibility index (Phi) is 7.01. The third-order valence-electron chi connectivity index (χ3n) is 3.61. The number of ether oxygens (including phenoxy) is 1. The van der Waals surface area contributed by atoms with Gasteiger partial charge in [-0.1, -0.05) is 0 Å². The molecule has 1 aliphatic rings. The van der Waals surface area contributed by atoms with Gasteiger partial charge in [0.05, 0.1) is 6.07 Å². The van der Waals surface area contributed by atoms with Crippen LogP contribution in [0, 0.1) is 11.3 Å². The summed E-state index contributed by atoms with van der Waals surface area (Å²) in [5, 5.41) is 14.2. The van der Waals surface area contributed by atoms with E-state index in [-0.39, 0.29) is 24.7 Å². The van der Waals surface area contributed by atoms with Crippen LogP contribution in [0.2, 0.25) is 0 Å². The summed E-state index contributed by atoms with van der Waals surface area (Å²) in [4.78, 5) is 37.6. The van der Waals surface area contributed by atoms with E-state index in [1.54, 1.807) is 20.8 Å². The van der Waals surface area contributed by atoms with Crippen molar-refractivity contribution in [2.45, 2.75) is 64.1 Å². The summed E-state index contributed by atoms with van der Waals surface area (Å²) < 4.78 is 5.18. The zero-order valence-electron chi connectivity index (χ0n) is 14.7. The second kappa shape index (κ2) is 8.52. The van der Waals surface area contributed by atoms with Crippen molar-refractivity contribution in [2.24, 2.45) is 0 Å². The first-order chi connectivity index (χ1) is 11.2. The van der Waals surface area contributed by atoms with E-state index >= 15 is 0 Å². The number of nitriles is 1. The number of rotatable bonds is 5. The second-order valence-electron chi connectivity index (χ2n) is 6.73. The zero-order valence-corrected chi connectivity index (χ0v) is 14.7. The average molecular weight is 338 g/mol. The van der Waals surface area contributed by atoms with Crippen LogP contribution in [0.5, 0.6) is 0 Å². The van der Waals surface area contributed by atoms with Crippen molar-refractivity contribution in [1.29, 1.82) is 5.26 Å². The molecule has 1 heterocycles. The van der Waals surface area contributed by atoms with E-state index in [1.807, 2.05) is 0 Å². The maximum Gasteiger partial charge on any atom is 0.408 e. The normalized spacial score (nSPS) is 18.5. The number of hydrogen-bond acceptors (Lipinski definition) is 5. The number of alkyl carbamates (subject to hydrolysis) is 1. The number of nitrogens with one attached hydrogen (secondary N) is 2. The van der Waals surface area contributed by atoms with Crippen molar-refractivity contribution < 1.29 is 19.1 Å². The van der Waals surface area contributed by atoms with Gasteiger partial charge >= 0.3 is 6.09 Å². The van der Waals surface area contributed by atoms with Gasteiger partial charge in [0, 0.05) is 20.0 Å². The van der Waals surface area contributed by atoms with E-state index in [2.05, 4.69) is 16.7 Å². The summed E-state index contributed by atoms with van der Waals surface area (Å²) in [6.45, 7) is 5.64. The monoisotopic (exact) mass is 338 g/mol. The summed E-state index contributed by atoms with van der Waals surface area (Å²) in [5.41, 5.74) is -0.693. The molecular weight excluding hydrogens is 312 g/mol. The highest BCUT2D eigenvalue weighted by Crippen LogP contribution is 2.19. The highest BCUT2D eigenvalue weighted by molar-refractivity contribution is 5.87. The van der Waals surface area contributed by atoms with Crippen LogP contribution in [0.25, 0.3) is 0 Å². The molecule has 0 spiro atoms. The molecule has 1 rings (SSSR count). The van der Waals surface area contributed by atoms with Crippen LogP contribution in [0.1, 0.15) is 46.5 Å². The molecule has 1 aliphatic heterocycles. The third-order valence-corrected chi connectivity index (χ3v) is 3.61. The molecule has 8 heteroatoms. The molecule has 2 atom stereocenters. The molecule has 0 unspecified atom stereocenters. The highest BCUT2D eigenvalue weighted by Gasteiger charge is 2.34. The standard InChI is InChI=1S/C16H26N4O4/c1-16(2,3)24-15(23)19-12(7-8-13(21)18-4)14(22)20-9-5-6-11(20)10-17/h11-12H,5-9H2,1-4H3,(H,18,21)(H,19,23)/t11-,12-/m0/s1. The maximum absolute atomic E-state index is 12.7. The van der Waals surface area contributed by atoms with Crippen molar-refractivity contribution in [3.63, 3.8) is 0 Å². The van der Waals surface area contributed by atoms with Gasteiger partial charge in [-0.05, 0) is 40.0 Å². The summed E-state index contributed by atoms with van der Waals surface area (Å²) in [6.07, 6.45) is 0.890. The molecule has 0 radical (unpaired) electrons. The van der Waals surface area contributed by atoms with Crippen molar-refractivity contribution >= 4 is 17.9 Å². The largest absolute Gasteiger partial charge is 0.444 e. The van der Waals surface area contributed by atoms with E-state index < -0.39 is 23.8 Å². The first-order valence-electron chi connectivity index (χ1n) is 8.08. The second-order valence-corrected chi connectivity index (χ2v) is 6.73. The predicted octanol–water partition coefficient (Wildman–Crippen LogP) is 0.920. The Morgan fingerprint density at radius 1 is 1.38 bits per heavy atom. The van der Waals surface area contributed by atoms with E-state index in [4.69, 9.17) is 10.00 Å². The van der Waals surface area contributed by atoms with Crippen LogP contribution in [-0.2, 0) is 14.3 Å². The molecule has 0 aromatic rings. The molecule has 0 aliphatic carbocycles. The van der Waals surface area contributed by atoms with Gasteiger partial charge < -0.3 is 20.3 Å². The lowest BCUT2D eigenvalue weighted by molar-refractivity contribution is -0.133. The fourth-order valence-corrected chi connectivity index (χ4v) is 2.47. The molecular formula is C16H26N4O4. The SMILES string of the molecule is CNC(=O)CC[C@H](NC(=O)OC(C)(C)C)C(=O)N1CCC[C@H]1C#N. The lowest BCUT2D eigenvalue weighted by Crippen LogP contribution is -2.51. The van der Waals surface area contributed by atoms with Crippen molar-refractivity contribution in [3.05, 3.63) is 0 Å². The number of carbonyl (C=O) groups is 3. The summed E-state index contributed by atoms with van der Waals surface area (Å²) in [5.74, 6) is -0.578. The topological polar surface area (TPSA) is 112 Å². The number of carbonyl (C=O) groups excluding carboxylic acids is 3. The molecule has 0 saturated carbocycles. The van der Waals surface area contributed by atoms with Crippen LogP contribution in [-0.4, -0.2) is 54.1 Å². The van der Waals surface area contributed by atoms with Gasteiger partial charge in [0.15, 0.2) is 0 Å². The van der Waals surface area contributed by atoms with Crippen molar-refractivity contribution in [2.75, 3.05) is 13.6 Å². The minimum Gasteiger partial charge on any atom is -0.444 e. The van der Waals surface area contributed by atoms with Crippen LogP contribution in [0.15, 0.2) is 0 Å². The van der Waals surface area contributed by atoms with Gasteiger partial charge in [-0.3, -0.25) is 9.59 Å². The van der Waals surface area contributed by atoms with E-state index in [1.165, 1.54) is 11.9 Å². The zero-order chi connectivity index (χ0) is 18.3. The number of amides is 3. The van der Waals surface area contributed by atoms with E-state index in [9.17, 15) is 14.4 Å². The minimum atomic E-state index is -0.897. The highest BCUT2D eigenvalue weighted by atomic mass is 16.6. The van der Waals surface area contributed by atoms with Crippen LogP contribution in [0.4, 0.5) is 4.79 Å². The van der Waals surface area contributed by atoms with Crippen molar-refractivity contribution in [3.8, 4) is 6.07 Å². The fourth-order valence-electron chi connectivity index (χ4n) is 2.47. The average Bonchev–Trinajstić information content (AvgIpc) is 2.96. The molecule has 8 nitrogen and oxygen atoms in total. The van der Waals surface area contributed by atoms with Gasteiger partial charge in [-0.2, -0.15) is 5.26 Å². The number of nitrogens with zero attached hydrogens (tertiary/aromatic N) is 2. The Balaban J connectivity index is 2.80. The lowest BCUT2D eigenvalue weighted by Gasteiger charge is -2.27. The first-order valence-corrected chi connectivity index (χ1v) is 8.08. The molecule has 1 saturated heterocycles. The Morgan fingerprint density at radius 3 is 2.58 bits per heavy atom. The predicted molar refractivity (Wildman–Crippen MR) is 86.8 cm³/mol. The molecule has 24 heavy (non-hydrogen) atoms. The molecule has 2 N–H and O–H groups in total. The Labute approximate surface area is 142 Å². The molecule has 0 aromatic carbocycles. The number of likely N-dealkylation sites (tertiary alicyclic amines) is 1. The van der Waals surface area contributed by atoms with Crippen LogP contribution >= 0.6 is 0 Å². The van der Waals surface area contributed by atoms with Crippen LogP contribution in [0.3, 0.4) is 0 Å². The Bertz CT molecular complexity index is 521. The molecule has 0 bridgehead atoms. The Morgan fingerprint density at radius 2 is 2.04 bits per heavy atom. The van der Waals surface area contributed by atoms with Gasteiger partial charge in [0.25, 0.3) is 0 Å². The third kappa shape index (κ3) is 6.07.